The zero-order chi connectivity index (χ0) is 10.7. The summed E-state index contributed by atoms with van der Waals surface area (Å²) in [5.41, 5.74) is 0. The topological polar surface area (TPSA) is 21.3 Å². The zero-order valence-electron chi connectivity index (χ0n) is 8.83. The molecule has 2 rings (SSSR count). The maximum atomic E-state index is 5.52. The summed E-state index contributed by atoms with van der Waals surface area (Å²) in [6.07, 6.45) is 2.67. The molecule has 2 unspecified atom stereocenters. The molecule has 0 bridgehead atoms. The molecule has 1 aromatic rings. The summed E-state index contributed by atoms with van der Waals surface area (Å²) in [6.45, 7) is 4.01. The third-order valence-electron chi connectivity index (χ3n) is 2.73. The molecule has 4 heteroatoms. The van der Waals surface area contributed by atoms with E-state index in [1.807, 2.05) is 0 Å². The van der Waals surface area contributed by atoms with Gasteiger partial charge in [-0.15, -0.1) is 11.3 Å². The molecule has 1 aliphatic rings. The summed E-state index contributed by atoms with van der Waals surface area (Å²) in [5, 5.41) is 5.71. The lowest BCUT2D eigenvalue weighted by molar-refractivity contribution is 0.0131. The van der Waals surface area contributed by atoms with E-state index in [9.17, 15) is 0 Å². The van der Waals surface area contributed by atoms with E-state index in [0.29, 0.717) is 12.1 Å². The predicted molar refractivity (Wildman–Crippen MR) is 67.3 cm³/mol. The van der Waals surface area contributed by atoms with Crippen molar-refractivity contribution in [2.45, 2.75) is 38.5 Å². The van der Waals surface area contributed by atoms with E-state index < -0.39 is 0 Å². The van der Waals surface area contributed by atoms with Crippen LogP contribution < -0.4 is 5.32 Å². The summed E-state index contributed by atoms with van der Waals surface area (Å²) >= 11 is 5.35. The lowest BCUT2D eigenvalue weighted by Gasteiger charge is -2.27. The van der Waals surface area contributed by atoms with Crippen LogP contribution in [0, 0.1) is 0 Å². The Kier molecular flexibility index (Phi) is 4.20. The number of hydrogen-bond donors (Lipinski definition) is 1. The first-order chi connectivity index (χ1) is 7.25. The molecule has 15 heavy (non-hydrogen) atoms. The van der Waals surface area contributed by atoms with Crippen LogP contribution in [0.5, 0.6) is 0 Å². The molecule has 1 N–H and O–H groups in total. The highest BCUT2D eigenvalue weighted by Crippen LogP contribution is 2.23. The Balaban J connectivity index is 1.80. The molecule has 0 aliphatic carbocycles. The van der Waals surface area contributed by atoms with Crippen LogP contribution in [0.4, 0.5) is 0 Å². The highest BCUT2D eigenvalue weighted by molar-refractivity contribution is 9.10. The van der Waals surface area contributed by atoms with E-state index in [0.717, 1.165) is 26.0 Å². The molecular formula is C11H16BrNOS. The second-order valence-electron chi connectivity index (χ2n) is 3.98. The molecule has 0 aromatic carbocycles. The van der Waals surface area contributed by atoms with Gasteiger partial charge in [-0.25, -0.2) is 0 Å². The lowest BCUT2D eigenvalue weighted by atomic mass is 10.0. The van der Waals surface area contributed by atoms with Gasteiger partial charge in [0.15, 0.2) is 0 Å². The molecule has 0 saturated carbocycles. The molecule has 0 spiro atoms. The van der Waals surface area contributed by atoms with Gasteiger partial charge in [0.25, 0.3) is 0 Å². The van der Waals surface area contributed by atoms with Crippen molar-refractivity contribution in [2.24, 2.45) is 0 Å². The minimum atomic E-state index is 0.406. The highest BCUT2D eigenvalue weighted by Gasteiger charge is 2.18. The Bertz CT molecular complexity index is 315. The second-order valence-corrected chi connectivity index (χ2v) is 5.83. The van der Waals surface area contributed by atoms with Gasteiger partial charge in [-0.1, -0.05) is 0 Å². The molecule has 1 fully saturated rings. The summed E-state index contributed by atoms with van der Waals surface area (Å²) in [7, 11) is 0. The lowest BCUT2D eigenvalue weighted by Crippen LogP contribution is -2.37. The van der Waals surface area contributed by atoms with Crippen LogP contribution in [-0.2, 0) is 11.3 Å². The summed E-state index contributed by atoms with van der Waals surface area (Å²) < 4.78 is 6.74. The number of ether oxygens (including phenoxy) is 1. The monoisotopic (exact) mass is 289 g/mol. The summed E-state index contributed by atoms with van der Waals surface area (Å²) in [4.78, 5) is 1.38. The third kappa shape index (κ3) is 3.28. The van der Waals surface area contributed by atoms with E-state index in [1.54, 1.807) is 11.3 Å². The van der Waals surface area contributed by atoms with Crippen LogP contribution in [0.2, 0.25) is 0 Å². The first kappa shape index (κ1) is 11.6. The van der Waals surface area contributed by atoms with E-state index in [4.69, 9.17) is 4.74 Å². The van der Waals surface area contributed by atoms with Crippen molar-refractivity contribution >= 4 is 27.3 Å². The van der Waals surface area contributed by atoms with Gasteiger partial charge in [-0.3, -0.25) is 0 Å². The molecular weight excluding hydrogens is 274 g/mol. The SMILES string of the molecule is CC1CC(NCc2sccc2Br)CCO1. The minimum Gasteiger partial charge on any atom is -0.378 e. The average molecular weight is 290 g/mol. The Hall–Kier alpha value is 0.1000. The van der Waals surface area contributed by atoms with Crippen LogP contribution in [0.25, 0.3) is 0 Å². The minimum absolute atomic E-state index is 0.406. The number of thiophene rings is 1. The van der Waals surface area contributed by atoms with Crippen molar-refractivity contribution in [2.75, 3.05) is 6.61 Å². The van der Waals surface area contributed by atoms with Crippen molar-refractivity contribution in [1.82, 2.24) is 5.32 Å². The molecule has 2 heterocycles. The van der Waals surface area contributed by atoms with Crippen molar-refractivity contribution in [1.29, 1.82) is 0 Å². The van der Waals surface area contributed by atoms with Gasteiger partial charge < -0.3 is 10.1 Å². The van der Waals surface area contributed by atoms with Gasteiger partial charge >= 0.3 is 0 Å². The van der Waals surface area contributed by atoms with E-state index in [1.165, 1.54) is 9.35 Å². The van der Waals surface area contributed by atoms with E-state index >= 15 is 0 Å². The fourth-order valence-corrected chi connectivity index (χ4v) is 3.32. The molecule has 1 aliphatic heterocycles. The smallest absolute Gasteiger partial charge is 0.0561 e. The Morgan fingerprint density at radius 3 is 3.20 bits per heavy atom. The van der Waals surface area contributed by atoms with Gasteiger partial charge in [-0.05, 0) is 47.1 Å². The Morgan fingerprint density at radius 1 is 1.67 bits per heavy atom. The molecule has 2 atom stereocenters. The molecule has 1 aromatic heterocycles. The molecule has 2 nitrogen and oxygen atoms in total. The Labute approximate surface area is 103 Å². The molecule has 84 valence electrons. The van der Waals surface area contributed by atoms with Crippen LogP contribution in [0.3, 0.4) is 0 Å². The fraction of sp³-hybridized carbons (Fsp3) is 0.636. The molecule has 0 amide bonds. The van der Waals surface area contributed by atoms with E-state index in [2.05, 4.69) is 39.6 Å². The van der Waals surface area contributed by atoms with Crippen molar-refractivity contribution in [3.8, 4) is 0 Å². The maximum Gasteiger partial charge on any atom is 0.0561 e. The largest absolute Gasteiger partial charge is 0.378 e. The van der Waals surface area contributed by atoms with E-state index in [-0.39, 0.29) is 0 Å². The standard InChI is InChI=1S/C11H16BrNOS/c1-8-6-9(2-4-14-8)13-7-11-10(12)3-5-15-11/h3,5,8-9,13H,2,4,6-7H2,1H3. The fourth-order valence-electron chi connectivity index (χ4n) is 1.87. The summed E-state index contributed by atoms with van der Waals surface area (Å²) in [6, 6.07) is 2.72. The normalized spacial score (nSPS) is 26.8. The number of hydrogen-bond acceptors (Lipinski definition) is 3. The summed E-state index contributed by atoms with van der Waals surface area (Å²) in [5.74, 6) is 0. The van der Waals surface area contributed by atoms with Crippen LogP contribution in [0.15, 0.2) is 15.9 Å². The van der Waals surface area contributed by atoms with Gasteiger partial charge in [-0.2, -0.15) is 0 Å². The van der Waals surface area contributed by atoms with Crippen LogP contribution in [0.1, 0.15) is 24.6 Å². The highest BCUT2D eigenvalue weighted by atomic mass is 79.9. The first-order valence-electron chi connectivity index (χ1n) is 5.32. The van der Waals surface area contributed by atoms with Crippen molar-refractivity contribution in [3.63, 3.8) is 0 Å². The van der Waals surface area contributed by atoms with Crippen molar-refractivity contribution in [3.05, 3.63) is 20.8 Å². The second kappa shape index (κ2) is 5.43. The molecule has 0 radical (unpaired) electrons. The zero-order valence-corrected chi connectivity index (χ0v) is 11.2. The van der Waals surface area contributed by atoms with Crippen molar-refractivity contribution < 1.29 is 4.74 Å². The predicted octanol–water partition coefficient (Wildman–Crippen LogP) is 3.17. The van der Waals surface area contributed by atoms with Gasteiger partial charge in [0.1, 0.15) is 0 Å². The van der Waals surface area contributed by atoms with Crippen LogP contribution in [-0.4, -0.2) is 18.8 Å². The quantitative estimate of drug-likeness (QED) is 0.923. The van der Waals surface area contributed by atoms with Gasteiger partial charge in [0.05, 0.1) is 6.10 Å². The first-order valence-corrected chi connectivity index (χ1v) is 7.00. The third-order valence-corrected chi connectivity index (χ3v) is 4.65. The number of nitrogens with one attached hydrogen (secondary N) is 1. The maximum absolute atomic E-state index is 5.52. The van der Waals surface area contributed by atoms with Crippen LogP contribution >= 0.6 is 27.3 Å². The van der Waals surface area contributed by atoms with Gasteiger partial charge in [0, 0.05) is 28.5 Å². The van der Waals surface area contributed by atoms with Gasteiger partial charge in [0.2, 0.25) is 0 Å². The number of halogens is 1. The number of rotatable bonds is 3. The Morgan fingerprint density at radius 2 is 2.53 bits per heavy atom. The molecule has 1 saturated heterocycles. The average Bonchev–Trinajstić information content (AvgIpc) is 2.61.